The Morgan fingerprint density at radius 3 is 2.29 bits per heavy atom. The van der Waals surface area contributed by atoms with E-state index in [1.54, 1.807) is 26.2 Å². The van der Waals surface area contributed by atoms with Gasteiger partial charge in [-0.25, -0.2) is 0 Å². The zero-order valence-electron chi connectivity index (χ0n) is 14.3. The Balaban J connectivity index is 1.95. The molecule has 0 aliphatic rings. The lowest BCUT2D eigenvalue weighted by atomic mass is 10.1. The predicted octanol–water partition coefficient (Wildman–Crippen LogP) is 4.30. The molecule has 0 saturated heterocycles. The molecule has 128 valence electrons. The summed E-state index contributed by atoms with van der Waals surface area (Å²) in [5.41, 5.74) is 1.91. The average Bonchev–Trinajstić information content (AvgIpc) is 2.58. The molecule has 2 aromatic rings. The van der Waals surface area contributed by atoms with Crippen LogP contribution in [-0.2, 0) is 4.79 Å². The van der Waals surface area contributed by atoms with Crippen LogP contribution in [0.4, 0.5) is 0 Å². The van der Waals surface area contributed by atoms with Gasteiger partial charge in [-0.1, -0.05) is 23.7 Å². The minimum Gasteiger partial charge on any atom is -0.497 e. The number of benzene rings is 2. The summed E-state index contributed by atoms with van der Waals surface area (Å²) >= 11 is 5.99. The van der Waals surface area contributed by atoms with Crippen molar-refractivity contribution >= 4 is 17.5 Å². The minimum absolute atomic E-state index is 0.124. The van der Waals surface area contributed by atoms with Gasteiger partial charge in [0, 0.05) is 5.02 Å². The number of hydrogen-bond donors (Lipinski definition) is 1. The van der Waals surface area contributed by atoms with E-state index >= 15 is 0 Å². The first kappa shape index (κ1) is 18.1. The molecule has 4 nitrogen and oxygen atoms in total. The molecule has 1 amide bonds. The summed E-state index contributed by atoms with van der Waals surface area (Å²) in [5, 5.41) is 3.62. The maximum Gasteiger partial charge on any atom is 0.261 e. The molecule has 0 radical (unpaired) electrons. The predicted molar refractivity (Wildman–Crippen MR) is 95.8 cm³/mol. The van der Waals surface area contributed by atoms with Crippen molar-refractivity contribution in [2.45, 2.75) is 32.9 Å². The highest BCUT2D eigenvalue weighted by Crippen LogP contribution is 2.22. The van der Waals surface area contributed by atoms with Crippen LogP contribution in [0, 0.1) is 6.92 Å². The van der Waals surface area contributed by atoms with Crippen LogP contribution in [0.3, 0.4) is 0 Å². The standard InChI is InChI=1S/C19H22ClNO3/c1-12-11-17(9-10-18(12)20)24-14(3)19(22)21-13(2)15-5-7-16(23-4)8-6-15/h5-11,13-14H,1-4H3,(H,21,22). The number of halogens is 1. The summed E-state index contributed by atoms with van der Waals surface area (Å²) in [7, 11) is 1.62. The Labute approximate surface area is 147 Å². The SMILES string of the molecule is COc1ccc(C(C)NC(=O)C(C)Oc2ccc(Cl)c(C)c2)cc1. The van der Waals surface area contributed by atoms with Crippen molar-refractivity contribution in [1.82, 2.24) is 5.32 Å². The summed E-state index contributed by atoms with van der Waals surface area (Å²) < 4.78 is 10.8. The number of nitrogens with one attached hydrogen (secondary N) is 1. The zero-order chi connectivity index (χ0) is 17.7. The van der Waals surface area contributed by atoms with Gasteiger partial charge in [0.1, 0.15) is 11.5 Å². The van der Waals surface area contributed by atoms with Gasteiger partial charge in [-0.3, -0.25) is 4.79 Å². The van der Waals surface area contributed by atoms with Gasteiger partial charge in [0.15, 0.2) is 6.10 Å². The smallest absolute Gasteiger partial charge is 0.261 e. The fourth-order valence-electron chi connectivity index (χ4n) is 2.25. The van der Waals surface area contributed by atoms with Crippen molar-refractivity contribution < 1.29 is 14.3 Å². The number of carbonyl (C=O) groups is 1. The summed E-state index contributed by atoms with van der Waals surface area (Å²) in [6.07, 6.45) is -0.605. The van der Waals surface area contributed by atoms with Crippen molar-refractivity contribution in [2.24, 2.45) is 0 Å². The lowest BCUT2D eigenvalue weighted by Crippen LogP contribution is -2.37. The van der Waals surface area contributed by atoms with Crippen LogP contribution >= 0.6 is 11.6 Å². The molecule has 0 bridgehead atoms. The molecule has 0 aliphatic carbocycles. The molecule has 0 aromatic heterocycles. The first-order valence-corrected chi connectivity index (χ1v) is 8.15. The molecule has 0 fully saturated rings. The second-order valence-corrected chi connectivity index (χ2v) is 6.08. The van der Waals surface area contributed by atoms with E-state index in [0.29, 0.717) is 10.8 Å². The average molecular weight is 348 g/mol. The molecular weight excluding hydrogens is 326 g/mol. The Hall–Kier alpha value is -2.20. The number of ether oxygens (including phenoxy) is 2. The van der Waals surface area contributed by atoms with Gasteiger partial charge in [-0.05, 0) is 62.2 Å². The third-order valence-corrected chi connectivity index (χ3v) is 4.21. The van der Waals surface area contributed by atoms with E-state index in [1.165, 1.54) is 0 Å². The lowest BCUT2D eigenvalue weighted by Gasteiger charge is -2.19. The van der Waals surface area contributed by atoms with Gasteiger partial charge in [0.2, 0.25) is 0 Å². The van der Waals surface area contributed by atoms with Gasteiger partial charge in [0.05, 0.1) is 13.2 Å². The van der Waals surface area contributed by atoms with Crippen LogP contribution in [0.1, 0.15) is 31.0 Å². The topological polar surface area (TPSA) is 47.6 Å². The van der Waals surface area contributed by atoms with Crippen LogP contribution in [0.5, 0.6) is 11.5 Å². The molecule has 0 spiro atoms. The fourth-order valence-corrected chi connectivity index (χ4v) is 2.37. The highest BCUT2D eigenvalue weighted by atomic mass is 35.5. The van der Waals surface area contributed by atoms with Gasteiger partial charge >= 0.3 is 0 Å². The van der Waals surface area contributed by atoms with Crippen molar-refractivity contribution in [3.63, 3.8) is 0 Å². The number of aryl methyl sites for hydroxylation is 1. The van der Waals surface area contributed by atoms with E-state index in [9.17, 15) is 4.79 Å². The quantitative estimate of drug-likeness (QED) is 0.847. The summed E-state index contributed by atoms with van der Waals surface area (Å²) in [6.45, 7) is 5.55. The largest absolute Gasteiger partial charge is 0.497 e. The number of amides is 1. The molecule has 0 aliphatic heterocycles. The van der Waals surface area contributed by atoms with E-state index in [-0.39, 0.29) is 11.9 Å². The monoisotopic (exact) mass is 347 g/mol. The lowest BCUT2D eigenvalue weighted by molar-refractivity contribution is -0.127. The Bertz CT molecular complexity index is 700. The Morgan fingerprint density at radius 1 is 1.08 bits per heavy atom. The first-order chi connectivity index (χ1) is 11.4. The molecule has 0 saturated carbocycles. The summed E-state index contributed by atoms with van der Waals surface area (Å²) in [4.78, 5) is 12.3. The van der Waals surface area contributed by atoms with E-state index in [0.717, 1.165) is 16.9 Å². The second kappa shape index (κ2) is 8.06. The zero-order valence-corrected chi connectivity index (χ0v) is 15.1. The molecule has 2 unspecified atom stereocenters. The van der Waals surface area contributed by atoms with Crippen molar-refractivity contribution in [1.29, 1.82) is 0 Å². The highest BCUT2D eigenvalue weighted by Gasteiger charge is 2.18. The van der Waals surface area contributed by atoms with Crippen LogP contribution < -0.4 is 14.8 Å². The van der Waals surface area contributed by atoms with Crippen molar-refractivity contribution in [3.8, 4) is 11.5 Å². The number of methoxy groups -OCH3 is 1. The van der Waals surface area contributed by atoms with Crippen LogP contribution in [0.2, 0.25) is 5.02 Å². The fraction of sp³-hybridized carbons (Fsp3) is 0.316. The van der Waals surface area contributed by atoms with Gasteiger partial charge in [-0.2, -0.15) is 0 Å². The number of hydrogen-bond acceptors (Lipinski definition) is 3. The van der Waals surface area contributed by atoms with Crippen molar-refractivity contribution in [3.05, 3.63) is 58.6 Å². The normalized spacial score (nSPS) is 13.0. The summed E-state index contributed by atoms with van der Waals surface area (Å²) in [5.74, 6) is 1.23. The van der Waals surface area contributed by atoms with E-state index < -0.39 is 6.10 Å². The molecule has 2 rings (SSSR count). The van der Waals surface area contributed by atoms with Gasteiger partial charge < -0.3 is 14.8 Å². The Morgan fingerprint density at radius 2 is 1.71 bits per heavy atom. The third kappa shape index (κ3) is 4.65. The van der Waals surface area contributed by atoms with Gasteiger partial charge in [0.25, 0.3) is 5.91 Å². The van der Waals surface area contributed by atoms with Crippen LogP contribution in [0.25, 0.3) is 0 Å². The molecule has 2 atom stereocenters. The van der Waals surface area contributed by atoms with Crippen LogP contribution in [-0.4, -0.2) is 19.1 Å². The highest BCUT2D eigenvalue weighted by molar-refractivity contribution is 6.31. The van der Waals surface area contributed by atoms with Crippen LogP contribution in [0.15, 0.2) is 42.5 Å². The van der Waals surface area contributed by atoms with Crippen molar-refractivity contribution in [2.75, 3.05) is 7.11 Å². The van der Waals surface area contributed by atoms with E-state index in [1.807, 2.05) is 44.2 Å². The molecule has 2 aromatic carbocycles. The molecule has 0 heterocycles. The number of carbonyl (C=O) groups excluding carboxylic acids is 1. The summed E-state index contributed by atoms with van der Waals surface area (Å²) in [6, 6.07) is 12.8. The van der Waals surface area contributed by atoms with Gasteiger partial charge in [-0.15, -0.1) is 0 Å². The maximum absolute atomic E-state index is 12.3. The third-order valence-electron chi connectivity index (χ3n) is 3.79. The molecule has 1 N–H and O–H groups in total. The van der Waals surface area contributed by atoms with E-state index in [4.69, 9.17) is 21.1 Å². The molecule has 5 heteroatoms. The van der Waals surface area contributed by atoms with E-state index in [2.05, 4.69) is 5.32 Å². The molecule has 24 heavy (non-hydrogen) atoms. The minimum atomic E-state index is -0.605. The number of rotatable bonds is 6. The second-order valence-electron chi connectivity index (χ2n) is 5.67. The molecular formula is C19H22ClNO3. The Kier molecular flexibility index (Phi) is 6.10. The first-order valence-electron chi connectivity index (χ1n) is 7.78. The maximum atomic E-state index is 12.3.